The van der Waals surface area contributed by atoms with Gasteiger partial charge in [0.15, 0.2) is 5.82 Å². The van der Waals surface area contributed by atoms with E-state index in [1.54, 1.807) is 12.1 Å². The molecule has 5 fully saturated rings. The monoisotopic (exact) mass is 787 g/mol. The lowest BCUT2D eigenvalue weighted by molar-refractivity contribution is -0.133. The lowest BCUT2D eigenvalue weighted by Gasteiger charge is -2.43. The van der Waals surface area contributed by atoms with Gasteiger partial charge in [-0.1, -0.05) is 12.1 Å². The van der Waals surface area contributed by atoms with Crippen LogP contribution in [-0.2, 0) is 19.1 Å². The van der Waals surface area contributed by atoms with Crippen molar-refractivity contribution < 1.29 is 32.6 Å². The molecule has 4 aliphatic heterocycles. The number of halogens is 2. The number of hydrogen-bond acceptors (Lipinski definition) is 12. The van der Waals surface area contributed by atoms with Crippen LogP contribution in [0, 0.1) is 11.6 Å². The van der Waals surface area contributed by atoms with E-state index >= 15 is 4.39 Å². The smallest absolute Gasteiger partial charge is 0.410 e. The van der Waals surface area contributed by atoms with Crippen LogP contribution in [0.2, 0.25) is 0 Å². The molecular weight excluding hydrogens is 737 g/mol. The molecule has 8 rings (SSSR count). The minimum atomic E-state index is -0.565. The average molecular weight is 788 g/mol. The van der Waals surface area contributed by atoms with Crippen molar-refractivity contribution >= 4 is 40.9 Å². The van der Waals surface area contributed by atoms with Crippen molar-refractivity contribution in [1.82, 2.24) is 25.1 Å². The highest BCUT2D eigenvalue weighted by atomic mass is 19.1. The van der Waals surface area contributed by atoms with Crippen molar-refractivity contribution in [2.24, 2.45) is 0 Å². The average Bonchev–Trinajstić information content (AvgIpc) is 3.24. The van der Waals surface area contributed by atoms with Crippen molar-refractivity contribution in [2.45, 2.75) is 75.6 Å². The van der Waals surface area contributed by atoms with Crippen molar-refractivity contribution in [1.29, 1.82) is 0 Å². The molecule has 4 saturated heterocycles. The molecule has 3 amide bonds. The Kier molecular flexibility index (Phi) is 12.0. The minimum absolute atomic E-state index is 0.0898. The number of hydrogen-bond donors (Lipinski definition) is 3. The fourth-order valence-electron chi connectivity index (χ4n) is 8.66. The summed E-state index contributed by atoms with van der Waals surface area (Å²) in [4.78, 5) is 54.0. The number of anilines is 4. The summed E-state index contributed by atoms with van der Waals surface area (Å²) in [6.07, 6.45) is 6.16. The van der Waals surface area contributed by atoms with E-state index in [-0.39, 0.29) is 48.0 Å². The van der Waals surface area contributed by atoms with Gasteiger partial charge in [0.2, 0.25) is 17.8 Å². The van der Waals surface area contributed by atoms with E-state index < -0.39 is 11.9 Å². The third kappa shape index (κ3) is 9.39. The molecule has 3 aromatic rings. The number of benzene rings is 2. The van der Waals surface area contributed by atoms with Crippen molar-refractivity contribution in [3.63, 3.8) is 0 Å². The summed E-state index contributed by atoms with van der Waals surface area (Å²) in [5.41, 5.74) is 3.01. The lowest BCUT2D eigenvalue weighted by Crippen LogP contribution is -2.54. The van der Waals surface area contributed by atoms with Crippen LogP contribution in [0.1, 0.15) is 51.4 Å². The maximum Gasteiger partial charge on any atom is 0.410 e. The first-order valence-electron chi connectivity index (χ1n) is 20.3. The van der Waals surface area contributed by atoms with Gasteiger partial charge in [-0.25, -0.2) is 23.5 Å². The Morgan fingerprint density at radius 3 is 2.33 bits per heavy atom. The highest BCUT2D eigenvalue weighted by molar-refractivity contribution is 6.01. The van der Waals surface area contributed by atoms with Gasteiger partial charge in [0.25, 0.3) is 0 Å². The van der Waals surface area contributed by atoms with Crippen LogP contribution < -0.4 is 25.8 Å². The minimum Gasteiger partial charge on any atom is -0.446 e. The van der Waals surface area contributed by atoms with Crippen molar-refractivity contribution in [3.8, 4) is 11.3 Å². The number of likely N-dealkylation sites (tertiary alicyclic amines) is 1. The van der Waals surface area contributed by atoms with Gasteiger partial charge >= 0.3 is 6.09 Å². The molecule has 304 valence electrons. The molecule has 1 aliphatic carbocycles. The topological polar surface area (TPSA) is 144 Å². The second kappa shape index (κ2) is 17.6. The normalized spacial score (nSPS) is 23.9. The fourth-order valence-corrected chi connectivity index (χ4v) is 8.66. The van der Waals surface area contributed by atoms with E-state index in [4.69, 9.17) is 9.47 Å². The molecule has 1 saturated carbocycles. The molecule has 2 aromatic carbocycles. The summed E-state index contributed by atoms with van der Waals surface area (Å²) >= 11 is 0. The summed E-state index contributed by atoms with van der Waals surface area (Å²) in [6, 6.07) is 12.6. The first-order valence-corrected chi connectivity index (χ1v) is 20.3. The molecule has 5 aliphatic rings. The predicted molar refractivity (Wildman–Crippen MR) is 211 cm³/mol. The van der Waals surface area contributed by atoms with Crippen LogP contribution in [-0.4, -0.2) is 127 Å². The SMILES string of the molecule is O=C1CCC(Nc2ccc(N3CCN(C4CCN(C(=O)OC5CCC(Nc6ncc(F)c(-c7cccc(N8CCOCC8)c7)n6)CC5)CC4)CC3)c(F)c2)C(=O)N1. The van der Waals surface area contributed by atoms with E-state index in [0.717, 1.165) is 70.4 Å². The van der Waals surface area contributed by atoms with Crippen LogP contribution in [0.5, 0.6) is 0 Å². The van der Waals surface area contributed by atoms with E-state index in [9.17, 15) is 18.8 Å². The first kappa shape index (κ1) is 38.8. The van der Waals surface area contributed by atoms with Gasteiger partial charge in [0.1, 0.15) is 23.7 Å². The zero-order valence-electron chi connectivity index (χ0n) is 32.1. The second-order valence-corrected chi connectivity index (χ2v) is 15.6. The number of imide groups is 1. The molecule has 1 aromatic heterocycles. The van der Waals surface area contributed by atoms with Gasteiger partial charge in [0, 0.05) is 87.8 Å². The highest BCUT2D eigenvalue weighted by Crippen LogP contribution is 2.30. The van der Waals surface area contributed by atoms with Crippen LogP contribution in [0.3, 0.4) is 0 Å². The number of aromatic nitrogens is 2. The number of rotatable bonds is 9. The maximum atomic E-state index is 15.2. The number of piperidine rings is 2. The summed E-state index contributed by atoms with van der Waals surface area (Å²) in [5, 5.41) is 8.75. The first-order chi connectivity index (χ1) is 27.8. The van der Waals surface area contributed by atoms with Crippen LogP contribution in [0.15, 0.2) is 48.7 Å². The third-order valence-electron chi connectivity index (χ3n) is 11.9. The zero-order chi connectivity index (χ0) is 39.3. The standard InChI is InChI=1S/C41H51F2N9O5/c42-33-25-29(45-35-9-11-37(53)47-39(35)54)6-10-36(33)51-18-16-49(17-19-51)30-12-14-52(15-13-30)41(55)57-32-7-4-28(5-8-32)46-40-44-26-34(43)38(48-40)27-2-1-3-31(24-27)50-20-22-56-23-21-50/h1-3,6,10,24-26,28,30,32,35,45H,4-5,7-9,11-23H2,(H,44,46,48)(H,47,53,54). The number of nitrogens with zero attached hydrogens (tertiary/aromatic N) is 6. The summed E-state index contributed by atoms with van der Waals surface area (Å²) in [7, 11) is 0. The molecule has 0 radical (unpaired) electrons. The largest absolute Gasteiger partial charge is 0.446 e. The van der Waals surface area contributed by atoms with E-state index in [2.05, 4.69) is 40.6 Å². The Labute approximate surface area is 331 Å². The van der Waals surface area contributed by atoms with Gasteiger partial charge < -0.3 is 34.8 Å². The fraction of sp³-hybridized carbons (Fsp3) is 0.537. The lowest BCUT2D eigenvalue weighted by atomic mass is 9.93. The Hall–Kier alpha value is -5.09. The number of ether oxygens (including phenoxy) is 2. The Morgan fingerprint density at radius 1 is 0.825 bits per heavy atom. The third-order valence-corrected chi connectivity index (χ3v) is 11.9. The molecule has 1 atom stereocenters. The molecular formula is C41H51F2N9O5. The van der Waals surface area contributed by atoms with Gasteiger partial charge in [-0.15, -0.1) is 0 Å². The van der Waals surface area contributed by atoms with Crippen molar-refractivity contribution in [2.75, 3.05) is 86.0 Å². The van der Waals surface area contributed by atoms with E-state index in [1.807, 2.05) is 29.2 Å². The molecule has 57 heavy (non-hydrogen) atoms. The van der Waals surface area contributed by atoms with Gasteiger partial charge in [-0.05, 0) is 75.3 Å². The molecule has 5 heterocycles. The van der Waals surface area contributed by atoms with E-state index in [0.29, 0.717) is 74.7 Å². The zero-order valence-corrected chi connectivity index (χ0v) is 32.1. The number of morpholine rings is 1. The number of piperazine rings is 1. The second-order valence-electron chi connectivity index (χ2n) is 15.6. The van der Waals surface area contributed by atoms with Crippen molar-refractivity contribution in [3.05, 3.63) is 60.3 Å². The summed E-state index contributed by atoms with van der Waals surface area (Å²) < 4.78 is 41.6. The van der Waals surface area contributed by atoms with E-state index in [1.165, 1.54) is 12.3 Å². The molecule has 1 unspecified atom stereocenters. The quantitative estimate of drug-likeness (QED) is 0.261. The van der Waals surface area contributed by atoms with Crippen LogP contribution in [0.25, 0.3) is 11.3 Å². The van der Waals surface area contributed by atoms with Gasteiger partial charge in [0.05, 0.1) is 25.1 Å². The van der Waals surface area contributed by atoms with Crippen LogP contribution in [0.4, 0.5) is 36.6 Å². The number of nitrogens with one attached hydrogen (secondary N) is 3. The van der Waals surface area contributed by atoms with Crippen LogP contribution >= 0.6 is 0 Å². The number of carbonyl (C=O) groups excluding carboxylic acids is 3. The Balaban J connectivity index is 0.750. The molecule has 16 heteroatoms. The summed E-state index contributed by atoms with van der Waals surface area (Å²) in [5.74, 6) is -1.12. The Morgan fingerprint density at radius 2 is 1.60 bits per heavy atom. The number of amides is 3. The highest BCUT2D eigenvalue weighted by Gasteiger charge is 2.33. The van der Waals surface area contributed by atoms with Gasteiger partial charge in [-0.2, -0.15) is 0 Å². The maximum absolute atomic E-state index is 15.2. The number of carbonyl (C=O) groups is 3. The molecule has 0 spiro atoms. The Bertz CT molecular complexity index is 1910. The molecule has 0 bridgehead atoms. The summed E-state index contributed by atoms with van der Waals surface area (Å²) in [6.45, 7) is 7.17. The van der Waals surface area contributed by atoms with Gasteiger partial charge in [-0.3, -0.25) is 19.8 Å². The molecule has 3 N–H and O–H groups in total. The predicted octanol–water partition coefficient (Wildman–Crippen LogP) is 4.62. The molecule has 14 nitrogen and oxygen atoms in total.